The van der Waals surface area contributed by atoms with E-state index in [2.05, 4.69) is 13.2 Å². The van der Waals surface area contributed by atoms with Crippen LogP contribution in [0.3, 0.4) is 0 Å². The topological polar surface area (TPSA) is 26.0 Å². The first-order valence-electron chi connectivity index (χ1n) is 2.69. The Labute approximate surface area is 64.7 Å². The molecule has 0 rings (SSSR count). The largest absolute Gasteiger partial charge is 0.326 e. The summed E-state index contributed by atoms with van der Waals surface area (Å²) in [6.45, 7) is 6.60. The van der Waals surface area contributed by atoms with E-state index in [1.165, 1.54) is 0 Å². The third-order valence-electron chi connectivity index (χ3n) is 0.999. The molecule has 1 nitrogen and oxygen atoms in total. The van der Waals surface area contributed by atoms with Crippen molar-refractivity contribution >= 4 is 11.6 Å². The summed E-state index contributed by atoms with van der Waals surface area (Å²) >= 11 is 5.40. The van der Waals surface area contributed by atoms with E-state index in [0.29, 0.717) is 0 Å². The highest BCUT2D eigenvalue weighted by Crippen LogP contribution is 2.16. The summed E-state index contributed by atoms with van der Waals surface area (Å²) in [6.07, 6.45) is 1.05. The Morgan fingerprint density at radius 1 is 1.70 bits per heavy atom. The molecule has 10 heavy (non-hydrogen) atoms. The molecule has 0 unspecified atom stereocenters. The molecule has 0 aliphatic rings. The van der Waals surface area contributed by atoms with E-state index in [4.69, 9.17) is 17.3 Å². The summed E-state index contributed by atoms with van der Waals surface area (Å²) in [5.74, 6) is -0.512. The summed E-state index contributed by atoms with van der Waals surface area (Å²) in [4.78, 5) is 0. The molecule has 0 fully saturated rings. The highest BCUT2D eigenvalue weighted by molar-refractivity contribution is 6.31. The first kappa shape index (κ1) is 9.40. The Kier molecular flexibility index (Phi) is 4.00. The van der Waals surface area contributed by atoms with Crippen LogP contribution in [0.25, 0.3) is 0 Å². The fraction of sp³-hybridized carbons (Fsp3) is 0.143. The normalized spacial score (nSPS) is 12.3. The van der Waals surface area contributed by atoms with E-state index in [9.17, 15) is 4.39 Å². The van der Waals surface area contributed by atoms with Crippen LogP contribution in [-0.2, 0) is 0 Å². The molecule has 0 aromatic rings. The van der Waals surface area contributed by atoms with Gasteiger partial charge >= 0.3 is 0 Å². The number of allylic oxidation sites excluding steroid dienone is 2. The molecule has 0 bridgehead atoms. The minimum absolute atomic E-state index is 0.0419. The van der Waals surface area contributed by atoms with Crippen molar-refractivity contribution in [3.8, 4) is 0 Å². The van der Waals surface area contributed by atoms with Gasteiger partial charge in [0, 0.05) is 17.2 Å². The van der Waals surface area contributed by atoms with Crippen LogP contribution in [0, 0.1) is 0 Å². The zero-order chi connectivity index (χ0) is 8.15. The Bertz CT molecular complexity index is 184. The van der Waals surface area contributed by atoms with Crippen molar-refractivity contribution in [3.63, 3.8) is 0 Å². The lowest BCUT2D eigenvalue weighted by Crippen LogP contribution is -2.04. The van der Waals surface area contributed by atoms with E-state index in [0.717, 1.165) is 6.08 Å². The van der Waals surface area contributed by atoms with E-state index >= 15 is 0 Å². The van der Waals surface area contributed by atoms with Gasteiger partial charge in [-0.2, -0.15) is 0 Å². The van der Waals surface area contributed by atoms with Crippen LogP contribution >= 0.6 is 11.6 Å². The number of hydrogen-bond donors (Lipinski definition) is 1. The highest BCUT2D eigenvalue weighted by Gasteiger charge is 2.02. The molecule has 2 N–H and O–H groups in total. The van der Waals surface area contributed by atoms with E-state index in [1.54, 1.807) is 0 Å². The second-order valence-electron chi connectivity index (χ2n) is 1.64. The second kappa shape index (κ2) is 4.25. The first-order valence-corrected chi connectivity index (χ1v) is 3.07. The number of rotatable bonds is 3. The molecule has 0 atom stereocenters. The lowest BCUT2D eigenvalue weighted by atomic mass is 10.2. The van der Waals surface area contributed by atoms with Crippen molar-refractivity contribution in [1.82, 2.24) is 0 Å². The molecule has 0 spiro atoms. The monoisotopic (exact) mass is 161 g/mol. The van der Waals surface area contributed by atoms with Gasteiger partial charge in [0.1, 0.15) is 5.83 Å². The van der Waals surface area contributed by atoms with Crippen molar-refractivity contribution in [3.05, 3.63) is 35.7 Å². The minimum atomic E-state index is -0.512. The summed E-state index contributed by atoms with van der Waals surface area (Å²) in [7, 11) is 0. The molecular weight excluding hydrogens is 153 g/mol. The van der Waals surface area contributed by atoms with E-state index < -0.39 is 5.83 Å². The maximum Gasteiger partial charge on any atom is 0.128 e. The Morgan fingerprint density at radius 3 is 2.30 bits per heavy atom. The Balaban J connectivity index is 4.62. The lowest BCUT2D eigenvalue weighted by Gasteiger charge is -1.99. The van der Waals surface area contributed by atoms with Crippen molar-refractivity contribution < 1.29 is 4.39 Å². The first-order chi connectivity index (χ1) is 4.63. The molecule has 0 aliphatic heterocycles. The fourth-order valence-corrected chi connectivity index (χ4v) is 0.628. The molecule has 0 aromatic carbocycles. The van der Waals surface area contributed by atoms with Gasteiger partial charge in [-0.15, -0.1) is 0 Å². The minimum Gasteiger partial charge on any atom is -0.326 e. The summed E-state index contributed by atoms with van der Waals surface area (Å²) in [5.41, 5.74) is 5.36. The van der Waals surface area contributed by atoms with E-state index in [1.807, 2.05) is 0 Å². The van der Waals surface area contributed by atoms with E-state index in [-0.39, 0.29) is 17.2 Å². The van der Waals surface area contributed by atoms with Crippen LogP contribution < -0.4 is 5.73 Å². The van der Waals surface area contributed by atoms with Crippen molar-refractivity contribution in [2.45, 2.75) is 0 Å². The summed E-state index contributed by atoms with van der Waals surface area (Å²) in [6, 6.07) is 0. The third-order valence-corrected chi connectivity index (χ3v) is 1.23. The maximum atomic E-state index is 12.6. The van der Waals surface area contributed by atoms with Crippen LogP contribution in [0.5, 0.6) is 0 Å². The van der Waals surface area contributed by atoms with Gasteiger partial charge in [-0.25, -0.2) is 4.39 Å². The molecule has 0 aliphatic carbocycles. The van der Waals surface area contributed by atoms with Crippen molar-refractivity contribution in [2.75, 3.05) is 6.54 Å². The molecule has 0 radical (unpaired) electrons. The molecular formula is C7H9ClFN. The van der Waals surface area contributed by atoms with Crippen LogP contribution in [0.2, 0.25) is 0 Å². The zero-order valence-electron chi connectivity index (χ0n) is 5.53. The van der Waals surface area contributed by atoms with Crippen LogP contribution in [0.4, 0.5) is 4.39 Å². The van der Waals surface area contributed by atoms with Crippen LogP contribution in [0.15, 0.2) is 35.7 Å². The summed E-state index contributed by atoms with van der Waals surface area (Å²) < 4.78 is 12.6. The average Bonchev–Trinajstić information content (AvgIpc) is 1.88. The second-order valence-corrected chi connectivity index (χ2v) is 2.10. The Hall–Kier alpha value is -0.600. The van der Waals surface area contributed by atoms with Gasteiger partial charge < -0.3 is 5.73 Å². The smallest absolute Gasteiger partial charge is 0.128 e. The number of nitrogens with two attached hydrogens (primary N) is 1. The predicted molar refractivity (Wildman–Crippen MR) is 42.4 cm³/mol. The van der Waals surface area contributed by atoms with Crippen molar-refractivity contribution in [2.24, 2.45) is 5.73 Å². The molecule has 0 amide bonds. The summed E-state index contributed by atoms with van der Waals surface area (Å²) in [5, 5.41) is 0.125. The quantitative estimate of drug-likeness (QED) is 0.631. The molecule has 3 heteroatoms. The SMILES string of the molecule is C=C/C(F)=C(/CN)C(=C)Cl. The number of halogens is 2. The van der Waals surface area contributed by atoms with Gasteiger partial charge in [-0.1, -0.05) is 24.8 Å². The zero-order valence-corrected chi connectivity index (χ0v) is 6.29. The standard InChI is InChI=1S/C7H9ClFN/c1-3-7(9)6(4-10)5(2)8/h3H,1-2,4,10H2/b7-6+. The molecule has 0 aromatic heterocycles. The van der Waals surface area contributed by atoms with Gasteiger partial charge in [0.05, 0.1) is 0 Å². The number of hydrogen-bond acceptors (Lipinski definition) is 1. The third kappa shape index (κ3) is 2.33. The molecule has 0 saturated heterocycles. The van der Waals surface area contributed by atoms with Gasteiger partial charge in [0.15, 0.2) is 0 Å². The van der Waals surface area contributed by atoms with Gasteiger partial charge in [-0.3, -0.25) is 0 Å². The Morgan fingerprint density at radius 2 is 2.20 bits per heavy atom. The van der Waals surface area contributed by atoms with Crippen molar-refractivity contribution in [1.29, 1.82) is 0 Å². The lowest BCUT2D eigenvalue weighted by molar-refractivity contribution is 0.655. The average molecular weight is 162 g/mol. The highest BCUT2D eigenvalue weighted by atomic mass is 35.5. The molecule has 0 heterocycles. The predicted octanol–water partition coefficient (Wildman–Crippen LogP) is 2.11. The van der Waals surface area contributed by atoms with Gasteiger partial charge in [-0.05, 0) is 6.08 Å². The van der Waals surface area contributed by atoms with Crippen LogP contribution in [-0.4, -0.2) is 6.54 Å². The molecule has 0 saturated carbocycles. The maximum absolute atomic E-state index is 12.6. The van der Waals surface area contributed by atoms with Gasteiger partial charge in [0.2, 0.25) is 0 Å². The molecule has 56 valence electrons. The van der Waals surface area contributed by atoms with Gasteiger partial charge in [0.25, 0.3) is 0 Å². The van der Waals surface area contributed by atoms with Crippen LogP contribution in [0.1, 0.15) is 0 Å². The fourth-order valence-electron chi connectivity index (χ4n) is 0.461.